The van der Waals surface area contributed by atoms with Crippen molar-refractivity contribution in [1.29, 1.82) is 0 Å². The van der Waals surface area contributed by atoms with Gasteiger partial charge < -0.3 is 0 Å². The Morgan fingerprint density at radius 3 is 2.53 bits per heavy atom. The lowest BCUT2D eigenvalue weighted by Crippen LogP contribution is -2.07. The zero-order valence-corrected chi connectivity index (χ0v) is 11.5. The maximum atomic E-state index is 12.2. The van der Waals surface area contributed by atoms with Crippen molar-refractivity contribution in [3.8, 4) is 5.69 Å². The van der Waals surface area contributed by atoms with Crippen molar-refractivity contribution >= 4 is 15.9 Å². The molecule has 1 aromatic carbocycles. The summed E-state index contributed by atoms with van der Waals surface area (Å²) in [5, 5.41) is 4.16. The molecule has 0 saturated carbocycles. The smallest absolute Gasteiger partial charge is 0.241 e. The van der Waals surface area contributed by atoms with Crippen LogP contribution in [0.15, 0.2) is 42.7 Å². The van der Waals surface area contributed by atoms with Gasteiger partial charge in [-0.15, -0.1) is 0 Å². The van der Waals surface area contributed by atoms with Gasteiger partial charge in [-0.25, -0.2) is 4.68 Å². The molecule has 6 heteroatoms. The molecule has 0 radical (unpaired) electrons. The Balaban J connectivity index is 2.05. The summed E-state index contributed by atoms with van der Waals surface area (Å²) in [5.74, 6) is 0. The highest BCUT2D eigenvalue weighted by molar-refractivity contribution is 9.09. The first kappa shape index (κ1) is 14.1. The molecule has 2 aromatic rings. The van der Waals surface area contributed by atoms with Crippen LogP contribution in [0.3, 0.4) is 0 Å². The van der Waals surface area contributed by atoms with Crippen LogP contribution in [0.25, 0.3) is 5.69 Å². The monoisotopic (exact) mass is 332 g/mol. The van der Waals surface area contributed by atoms with Crippen LogP contribution < -0.4 is 0 Å². The molecule has 0 fully saturated rings. The Kier molecular flexibility index (Phi) is 4.29. The van der Waals surface area contributed by atoms with E-state index in [-0.39, 0.29) is 11.2 Å². The quantitative estimate of drug-likeness (QED) is 0.745. The minimum Gasteiger partial charge on any atom is -0.241 e. The van der Waals surface area contributed by atoms with Gasteiger partial charge in [0.2, 0.25) is 0 Å². The molecule has 2 rings (SSSR count). The molecule has 0 bridgehead atoms. The first-order valence-corrected chi connectivity index (χ1v) is 6.68. The summed E-state index contributed by atoms with van der Waals surface area (Å²) in [6, 6.07) is 9.42. The third kappa shape index (κ3) is 4.09. The topological polar surface area (TPSA) is 17.8 Å². The standard InChI is InChI=1S/C13H12BrF3N2/c14-12(6-7-13(15,16)17)10-8-18-19(9-10)11-4-2-1-3-5-11/h1-5,8-9,12H,6-7H2. The zero-order valence-electron chi connectivity index (χ0n) is 9.94. The molecule has 0 aliphatic carbocycles. The fourth-order valence-corrected chi connectivity index (χ4v) is 2.14. The lowest BCUT2D eigenvalue weighted by atomic mass is 10.1. The van der Waals surface area contributed by atoms with Crippen LogP contribution >= 0.6 is 15.9 Å². The molecule has 19 heavy (non-hydrogen) atoms. The Bertz CT molecular complexity index is 522. The number of alkyl halides is 4. The van der Waals surface area contributed by atoms with Crippen LogP contribution in [0, 0.1) is 0 Å². The second kappa shape index (κ2) is 5.77. The predicted octanol–water partition coefficient (Wildman–Crippen LogP) is 4.65. The van der Waals surface area contributed by atoms with Crippen molar-refractivity contribution in [3.05, 3.63) is 48.3 Å². The average molecular weight is 333 g/mol. The predicted molar refractivity (Wildman–Crippen MR) is 70.5 cm³/mol. The Morgan fingerprint density at radius 2 is 1.89 bits per heavy atom. The maximum Gasteiger partial charge on any atom is 0.389 e. The molecule has 102 valence electrons. The van der Waals surface area contributed by atoms with Gasteiger partial charge in [0.1, 0.15) is 0 Å². The first-order chi connectivity index (χ1) is 8.96. The van der Waals surface area contributed by atoms with Crippen LogP contribution in [0.5, 0.6) is 0 Å². The van der Waals surface area contributed by atoms with Crippen LogP contribution in [-0.2, 0) is 0 Å². The van der Waals surface area contributed by atoms with E-state index in [1.54, 1.807) is 17.1 Å². The van der Waals surface area contributed by atoms with E-state index >= 15 is 0 Å². The van der Waals surface area contributed by atoms with Gasteiger partial charge in [0.05, 0.1) is 11.9 Å². The number of aromatic nitrogens is 2. The highest BCUT2D eigenvalue weighted by atomic mass is 79.9. The van der Waals surface area contributed by atoms with E-state index in [1.807, 2.05) is 30.3 Å². The van der Waals surface area contributed by atoms with E-state index in [0.717, 1.165) is 11.3 Å². The molecule has 2 nitrogen and oxygen atoms in total. The van der Waals surface area contributed by atoms with Crippen molar-refractivity contribution in [2.45, 2.75) is 23.8 Å². The summed E-state index contributed by atoms with van der Waals surface area (Å²) < 4.78 is 38.1. The number of rotatable bonds is 4. The third-order valence-electron chi connectivity index (χ3n) is 2.67. The lowest BCUT2D eigenvalue weighted by molar-refractivity contribution is -0.135. The van der Waals surface area contributed by atoms with Gasteiger partial charge in [0.15, 0.2) is 0 Å². The number of nitrogens with zero attached hydrogens (tertiary/aromatic N) is 2. The lowest BCUT2D eigenvalue weighted by Gasteiger charge is -2.09. The largest absolute Gasteiger partial charge is 0.389 e. The molecule has 1 aromatic heterocycles. The summed E-state index contributed by atoms with van der Waals surface area (Å²) in [7, 11) is 0. The molecule has 0 amide bonds. The minimum absolute atomic E-state index is 0.00395. The summed E-state index contributed by atoms with van der Waals surface area (Å²) in [4.78, 5) is -0.341. The molecular weight excluding hydrogens is 321 g/mol. The Morgan fingerprint density at radius 1 is 1.21 bits per heavy atom. The number of hydrogen-bond donors (Lipinski definition) is 0. The fraction of sp³-hybridized carbons (Fsp3) is 0.308. The highest BCUT2D eigenvalue weighted by Crippen LogP contribution is 2.32. The van der Waals surface area contributed by atoms with Gasteiger partial charge in [-0.3, -0.25) is 0 Å². The Labute approximate surface area is 117 Å². The summed E-state index contributed by atoms with van der Waals surface area (Å²) >= 11 is 3.27. The normalized spacial score (nSPS) is 13.5. The number of hydrogen-bond acceptors (Lipinski definition) is 1. The van der Waals surface area contributed by atoms with Gasteiger partial charge in [-0.05, 0) is 18.6 Å². The molecule has 0 spiro atoms. The van der Waals surface area contributed by atoms with Crippen molar-refractivity contribution in [1.82, 2.24) is 9.78 Å². The molecular formula is C13H12BrF3N2. The van der Waals surface area contributed by atoms with E-state index in [9.17, 15) is 13.2 Å². The Hall–Kier alpha value is -1.30. The molecule has 0 aliphatic heterocycles. The van der Waals surface area contributed by atoms with Crippen LogP contribution in [0.1, 0.15) is 23.2 Å². The van der Waals surface area contributed by atoms with Crippen LogP contribution in [0.4, 0.5) is 13.2 Å². The molecule has 0 saturated heterocycles. The van der Waals surface area contributed by atoms with E-state index in [4.69, 9.17) is 0 Å². The number of benzene rings is 1. The minimum atomic E-state index is -4.12. The van der Waals surface area contributed by atoms with E-state index in [0.29, 0.717) is 0 Å². The zero-order chi connectivity index (χ0) is 13.9. The van der Waals surface area contributed by atoms with Crippen molar-refractivity contribution in [2.24, 2.45) is 0 Å². The average Bonchev–Trinajstić information content (AvgIpc) is 2.86. The van der Waals surface area contributed by atoms with Crippen LogP contribution in [0.2, 0.25) is 0 Å². The number of para-hydroxylation sites is 1. The second-order valence-electron chi connectivity index (χ2n) is 4.18. The van der Waals surface area contributed by atoms with Gasteiger partial charge >= 0.3 is 6.18 Å². The number of halogens is 4. The van der Waals surface area contributed by atoms with Crippen molar-refractivity contribution in [3.63, 3.8) is 0 Å². The SMILES string of the molecule is FC(F)(F)CCC(Br)c1cnn(-c2ccccc2)c1. The summed E-state index contributed by atoms with van der Waals surface area (Å²) in [5.41, 5.74) is 1.62. The van der Waals surface area contributed by atoms with E-state index in [2.05, 4.69) is 21.0 Å². The van der Waals surface area contributed by atoms with Gasteiger partial charge in [-0.1, -0.05) is 34.1 Å². The molecule has 1 unspecified atom stereocenters. The van der Waals surface area contributed by atoms with Gasteiger partial charge in [0.25, 0.3) is 0 Å². The first-order valence-electron chi connectivity index (χ1n) is 5.76. The van der Waals surface area contributed by atoms with Gasteiger partial charge in [0, 0.05) is 23.0 Å². The summed E-state index contributed by atoms with van der Waals surface area (Å²) in [6.07, 6.45) is -1.60. The highest BCUT2D eigenvalue weighted by Gasteiger charge is 2.28. The second-order valence-corrected chi connectivity index (χ2v) is 5.28. The molecule has 1 heterocycles. The van der Waals surface area contributed by atoms with Crippen molar-refractivity contribution in [2.75, 3.05) is 0 Å². The van der Waals surface area contributed by atoms with Crippen molar-refractivity contribution < 1.29 is 13.2 Å². The fourth-order valence-electron chi connectivity index (χ4n) is 1.68. The van der Waals surface area contributed by atoms with E-state index in [1.165, 1.54) is 0 Å². The summed E-state index contributed by atoms with van der Waals surface area (Å²) in [6.45, 7) is 0. The third-order valence-corrected chi connectivity index (χ3v) is 3.65. The van der Waals surface area contributed by atoms with Crippen LogP contribution in [-0.4, -0.2) is 16.0 Å². The molecule has 0 aliphatic rings. The molecule has 0 N–H and O–H groups in total. The maximum absolute atomic E-state index is 12.2. The molecule has 1 atom stereocenters. The van der Waals surface area contributed by atoms with E-state index < -0.39 is 12.6 Å². The van der Waals surface area contributed by atoms with Gasteiger partial charge in [-0.2, -0.15) is 18.3 Å².